The van der Waals surface area contributed by atoms with Gasteiger partial charge in [0.05, 0.1) is 12.0 Å². The molecular weight excluding hydrogens is 323 g/mol. The van der Waals surface area contributed by atoms with E-state index < -0.39 is 22.7 Å². The minimum atomic E-state index is -1.73. The van der Waals surface area contributed by atoms with E-state index in [0.717, 1.165) is 6.07 Å². The molecule has 3 N–H and O–H groups in total. The fourth-order valence-electron chi connectivity index (χ4n) is 2.92. The molecule has 0 aliphatic carbocycles. The van der Waals surface area contributed by atoms with Gasteiger partial charge in [-0.1, -0.05) is 17.7 Å². The van der Waals surface area contributed by atoms with Crippen molar-refractivity contribution in [3.05, 3.63) is 34.6 Å². The van der Waals surface area contributed by atoms with Crippen LogP contribution in [0.3, 0.4) is 0 Å². The van der Waals surface area contributed by atoms with Crippen molar-refractivity contribution in [3.8, 4) is 0 Å². The molecule has 7 heteroatoms. The van der Waals surface area contributed by atoms with Gasteiger partial charge in [-0.25, -0.2) is 4.39 Å². The molecule has 5 nitrogen and oxygen atoms in total. The van der Waals surface area contributed by atoms with Crippen LogP contribution >= 0.6 is 11.6 Å². The van der Waals surface area contributed by atoms with Crippen molar-refractivity contribution in [1.82, 2.24) is 4.90 Å². The largest absolute Gasteiger partial charge is 0.378 e. The maximum atomic E-state index is 14.2. The quantitative estimate of drug-likeness (QED) is 0.875. The number of amides is 2. The molecule has 0 bridgehead atoms. The molecule has 1 aromatic carbocycles. The molecule has 0 spiro atoms. The van der Waals surface area contributed by atoms with Gasteiger partial charge in [0.2, 0.25) is 5.91 Å². The third-order valence-electron chi connectivity index (χ3n) is 4.36. The number of aliphatic hydroxyl groups is 1. The van der Waals surface area contributed by atoms with Crippen LogP contribution in [0.5, 0.6) is 0 Å². The predicted molar refractivity (Wildman–Crippen MR) is 84.4 cm³/mol. The minimum absolute atomic E-state index is 0.181. The molecule has 23 heavy (non-hydrogen) atoms. The molecule has 0 radical (unpaired) electrons. The molecule has 1 aliphatic heterocycles. The third kappa shape index (κ3) is 3.33. The number of hydrogen-bond donors (Lipinski definition) is 2. The summed E-state index contributed by atoms with van der Waals surface area (Å²) in [5, 5.41) is 10.5. The SMILES string of the molecule is CC(C)(C(=O)N1CCCC(O)(C(N)=O)C1)c1ccc(Cl)cc1F. The normalized spacial score (nSPS) is 22.0. The van der Waals surface area contributed by atoms with E-state index in [-0.39, 0.29) is 29.5 Å². The van der Waals surface area contributed by atoms with Gasteiger partial charge in [-0.15, -0.1) is 0 Å². The second kappa shape index (κ2) is 6.09. The molecule has 0 saturated carbocycles. The zero-order valence-corrected chi connectivity index (χ0v) is 13.9. The minimum Gasteiger partial charge on any atom is -0.378 e. The number of halogens is 2. The van der Waals surface area contributed by atoms with E-state index in [1.165, 1.54) is 17.0 Å². The van der Waals surface area contributed by atoms with Gasteiger partial charge in [0.25, 0.3) is 5.91 Å². The fourth-order valence-corrected chi connectivity index (χ4v) is 3.08. The number of nitrogens with zero attached hydrogens (tertiary/aromatic N) is 1. The van der Waals surface area contributed by atoms with Crippen LogP contribution in [0.1, 0.15) is 32.3 Å². The van der Waals surface area contributed by atoms with Gasteiger partial charge < -0.3 is 15.7 Å². The number of nitrogens with two attached hydrogens (primary N) is 1. The number of likely N-dealkylation sites (tertiary alicyclic amines) is 1. The average molecular weight is 343 g/mol. The lowest BCUT2D eigenvalue weighted by atomic mass is 9.81. The Hall–Kier alpha value is -1.66. The first kappa shape index (κ1) is 17.7. The van der Waals surface area contributed by atoms with E-state index >= 15 is 0 Å². The highest BCUT2D eigenvalue weighted by Crippen LogP contribution is 2.32. The molecule has 1 unspecified atom stereocenters. The molecule has 2 amide bonds. The van der Waals surface area contributed by atoms with Gasteiger partial charge in [-0.05, 0) is 38.8 Å². The number of carbonyl (C=O) groups is 2. The molecule has 1 aliphatic rings. The summed E-state index contributed by atoms with van der Waals surface area (Å²) in [6.07, 6.45) is 0.659. The zero-order valence-electron chi connectivity index (χ0n) is 13.1. The number of piperidine rings is 1. The molecule has 1 atom stereocenters. The topological polar surface area (TPSA) is 83.6 Å². The van der Waals surface area contributed by atoms with Crippen molar-refractivity contribution in [3.63, 3.8) is 0 Å². The Morgan fingerprint density at radius 3 is 2.65 bits per heavy atom. The van der Waals surface area contributed by atoms with Crippen LogP contribution in [0.25, 0.3) is 0 Å². The molecule has 0 aromatic heterocycles. The Balaban J connectivity index is 2.29. The summed E-state index contributed by atoms with van der Waals surface area (Å²) >= 11 is 5.75. The first-order chi connectivity index (χ1) is 10.6. The standard InChI is InChI=1S/C16H20ClFN2O3/c1-15(2,11-5-4-10(17)8-12(11)18)14(22)20-7-3-6-16(23,9-20)13(19)21/h4-5,8,23H,3,6-7,9H2,1-2H3,(H2,19,21). The summed E-state index contributed by atoms with van der Waals surface area (Å²) in [6, 6.07) is 4.15. The maximum Gasteiger partial charge on any atom is 0.251 e. The van der Waals surface area contributed by atoms with Crippen LogP contribution < -0.4 is 5.73 Å². The van der Waals surface area contributed by atoms with Crippen molar-refractivity contribution in [2.24, 2.45) is 5.73 Å². The van der Waals surface area contributed by atoms with Gasteiger partial charge in [-0.3, -0.25) is 9.59 Å². The van der Waals surface area contributed by atoms with E-state index in [1.807, 2.05) is 0 Å². The lowest BCUT2D eigenvalue weighted by molar-refractivity contribution is -0.151. The smallest absolute Gasteiger partial charge is 0.251 e. The van der Waals surface area contributed by atoms with Gasteiger partial charge in [0, 0.05) is 17.1 Å². The number of hydrogen-bond acceptors (Lipinski definition) is 3. The van der Waals surface area contributed by atoms with E-state index in [4.69, 9.17) is 17.3 Å². The summed E-state index contributed by atoms with van der Waals surface area (Å²) in [5.74, 6) is -1.80. The molecule has 126 valence electrons. The number of carbonyl (C=O) groups excluding carboxylic acids is 2. The van der Waals surface area contributed by atoms with Crippen LogP contribution in [0.2, 0.25) is 5.02 Å². The van der Waals surface area contributed by atoms with Gasteiger partial charge in [-0.2, -0.15) is 0 Å². The number of primary amides is 1. The van der Waals surface area contributed by atoms with E-state index in [0.29, 0.717) is 13.0 Å². The molecule has 2 rings (SSSR count). The van der Waals surface area contributed by atoms with Crippen molar-refractivity contribution < 1.29 is 19.1 Å². The maximum absolute atomic E-state index is 14.2. The van der Waals surface area contributed by atoms with Crippen molar-refractivity contribution in [2.45, 2.75) is 37.7 Å². The monoisotopic (exact) mass is 342 g/mol. The summed E-state index contributed by atoms with van der Waals surface area (Å²) in [5.41, 5.74) is 2.54. The number of benzene rings is 1. The molecule has 1 aromatic rings. The molecule has 1 fully saturated rings. The number of β-amino-alcohol motifs (C(OH)–C–C–N with tert-alkyl or cyclic N) is 1. The van der Waals surface area contributed by atoms with Gasteiger partial charge >= 0.3 is 0 Å². The molecular formula is C16H20ClFN2O3. The Morgan fingerprint density at radius 2 is 2.09 bits per heavy atom. The second-order valence-electron chi connectivity index (χ2n) is 6.48. The van der Waals surface area contributed by atoms with Crippen LogP contribution in [-0.2, 0) is 15.0 Å². The van der Waals surface area contributed by atoms with Gasteiger partial charge in [0.15, 0.2) is 5.60 Å². The highest BCUT2D eigenvalue weighted by atomic mass is 35.5. The number of rotatable bonds is 3. The fraction of sp³-hybridized carbons (Fsp3) is 0.500. The summed E-state index contributed by atoms with van der Waals surface area (Å²) in [6.45, 7) is 3.39. The van der Waals surface area contributed by atoms with Crippen LogP contribution in [0.4, 0.5) is 4.39 Å². The Labute approximate surface area is 139 Å². The van der Waals surface area contributed by atoms with Crippen LogP contribution in [0.15, 0.2) is 18.2 Å². The average Bonchev–Trinajstić information content (AvgIpc) is 2.45. The highest BCUT2D eigenvalue weighted by molar-refractivity contribution is 6.30. The Morgan fingerprint density at radius 1 is 1.43 bits per heavy atom. The van der Waals surface area contributed by atoms with E-state index in [2.05, 4.69) is 0 Å². The molecule has 1 saturated heterocycles. The first-order valence-electron chi connectivity index (χ1n) is 7.35. The van der Waals surface area contributed by atoms with Gasteiger partial charge in [0.1, 0.15) is 5.82 Å². The highest BCUT2D eigenvalue weighted by Gasteiger charge is 2.44. The first-order valence-corrected chi connectivity index (χ1v) is 7.73. The Bertz CT molecular complexity index is 650. The molecule has 1 heterocycles. The van der Waals surface area contributed by atoms with Crippen molar-refractivity contribution in [1.29, 1.82) is 0 Å². The van der Waals surface area contributed by atoms with Crippen molar-refractivity contribution >= 4 is 23.4 Å². The predicted octanol–water partition coefficient (Wildman–Crippen LogP) is 1.60. The summed E-state index contributed by atoms with van der Waals surface area (Å²) in [7, 11) is 0. The lowest BCUT2D eigenvalue weighted by Crippen LogP contribution is -2.59. The lowest BCUT2D eigenvalue weighted by Gasteiger charge is -2.40. The Kier molecular flexibility index (Phi) is 4.69. The third-order valence-corrected chi connectivity index (χ3v) is 4.59. The van der Waals surface area contributed by atoms with E-state index in [1.54, 1.807) is 13.8 Å². The zero-order chi connectivity index (χ0) is 17.4. The summed E-state index contributed by atoms with van der Waals surface area (Å²) in [4.78, 5) is 25.6. The summed E-state index contributed by atoms with van der Waals surface area (Å²) < 4.78 is 14.2. The van der Waals surface area contributed by atoms with Crippen LogP contribution in [-0.4, -0.2) is 40.5 Å². The second-order valence-corrected chi connectivity index (χ2v) is 6.91. The van der Waals surface area contributed by atoms with E-state index in [9.17, 15) is 19.1 Å². The van der Waals surface area contributed by atoms with Crippen LogP contribution in [0, 0.1) is 5.82 Å². The van der Waals surface area contributed by atoms with Crippen molar-refractivity contribution in [2.75, 3.05) is 13.1 Å².